The number of hydrogen-bond acceptors (Lipinski definition) is 4. The summed E-state index contributed by atoms with van der Waals surface area (Å²) in [6.07, 6.45) is 20.2. The summed E-state index contributed by atoms with van der Waals surface area (Å²) in [6.45, 7) is 21.0. The molecule has 2 aliphatic rings. The highest BCUT2D eigenvalue weighted by molar-refractivity contribution is 6.62. The van der Waals surface area contributed by atoms with Gasteiger partial charge >= 0.3 is 14.6 Å². The zero-order valence-corrected chi connectivity index (χ0v) is 33.2. The molecule has 2 aromatic rings. The molecule has 4 rings (SSSR count). The van der Waals surface area contributed by atoms with Crippen LogP contribution in [0.1, 0.15) is 183 Å². The smallest absolute Gasteiger partial charge is 0.427 e. The van der Waals surface area contributed by atoms with Crippen LogP contribution in [0.25, 0.3) is 11.1 Å². The summed E-state index contributed by atoms with van der Waals surface area (Å²) in [6, 6.07) is 14.1. The van der Waals surface area contributed by atoms with E-state index >= 15 is 0 Å². The molecular formula is C43H70B2O4. The van der Waals surface area contributed by atoms with Gasteiger partial charge in [-0.15, -0.1) is 0 Å². The number of rotatable bonds is 21. The van der Waals surface area contributed by atoms with Gasteiger partial charge in [-0.1, -0.05) is 146 Å². The van der Waals surface area contributed by atoms with E-state index in [0.717, 1.165) is 24.7 Å². The van der Waals surface area contributed by atoms with Crippen molar-refractivity contribution in [2.45, 2.75) is 200 Å². The zero-order valence-electron chi connectivity index (χ0n) is 33.2. The van der Waals surface area contributed by atoms with Crippen molar-refractivity contribution in [2.75, 3.05) is 0 Å². The number of unbranched alkanes of at least 4 members (excludes halogenated alkanes) is 11. The second kappa shape index (κ2) is 16.8. The molecule has 1 aliphatic heterocycles. The largest absolute Gasteiger partial charge is 0.494 e. The molecule has 2 aromatic carbocycles. The Hall–Kier alpha value is -1.59. The van der Waals surface area contributed by atoms with Gasteiger partial charge in [0.15, 0.2) is 0 Å². The van der Waals surface area contributed by atoms with E-state index in [-0.39, 0.29) is 23.7 Å². The van der Waals surface area contributed by atoms with E-state index in [0.29, 0.717) is 7.48 Å². The van der Waals surface area contributed by atoms with Crippen LogP contribution < -0.4 is 10.9 Å². The lowest BCUT2D eigenvalue weighted by Gasteiger charge is -2.37. The normalized spacial score (nSPS) is 21.7. The zero-order chi connectivity index (χ0) is 35.9. The fraction of sp³-hybridized carbons (Fsp3) is 0.721. The van der Waals surface area contributed by atoms with Crippen LogP contribution in [0.5, 0.6) is 0 Å². The Morgan fingerprint density at radius 3 is 1.71 bits per heavy atom. The van der Waals surface area contributed by atoms with Crippen molar-refractivity contribution in [2.24, 2.45) is 0 Å². The molecule has 2 unspecified atom stereocenters. The Bertz CT molecular complexity index is 1350. The van der Waals surface area contributed by atoms with E-state index in [2.05, 4.69) is 77.9 Å². The maximum atomic E-state index is 10.8. The molecule has 6 heteroatoms. The molecule has 0 aromatic heterocycles. The first-order valence-electron chi connectivity index (χ1n) is 20.1. The highest BCUT2D eigenvalue weighted by Gasteiger charge is 2.54. The SMILES string of the molecule is CCCCCCCCCC1(CCCCCCCC)c2cc(BOC(C)(C)C(C)(C)O)ccc2-c2ccc(B3OC(C)(C)C(C)(CC)O3)cc21. The highest BCUT2D eigenvalue weighted by Crippen LogP contribution is 2.54. The maximum absolute atomic E-state index is 10.8. The Kier molecular flexibility index (Phi) is 13.8. The van der Waals surface area contributed by atoms with Gasteiger partial charge in [0.1, 0.15) is 0 Å². The summed E-state index contributed by atoms with van der Waals surface area (Å²) < 4.78 is 19.8. The Labute approximate surface area is 302 Å². The van der Waals surface area contributed by atoms with Crippen LogP contribution in [0.4, 0.5) is 0 Å². The van der Waals surface area contributed by atoms with Crippen molar-refractivity contribution in [3.05, 3.63) is 47.5 Å². The minimum absolute atomic E-state index is 0.0567. The summed E-state index contributed by atoms with van der Waals surface area (Å²) in [7, 11) is 0.109. The fourth-order valence-corrected chi connectivity index (χ4v) is 7.93. The number of aliphatic hydroxyl groups is 1. The molecule has 49 heavy (non-hydrogen) atoms. The van der Waals surface area contributed by atoms with E-state index in [9.17, 15) is 5.11 Å². The predicted molar refractivity (Wildman–Crippen MR) is 212 cm³/mol. The van der Waals surface area contributed by atoms with Crippen molar-refractivity contribution in [1.82, 2.24) is 0 Å². The standard InChI is InChI=1S/C43H70B2O4/c1-11-14-16-18-20-22-24-30-43(29-23-21-19-17-15-12-2)37-31-33(44-47-40(6,7)39(4,5)46)25-27-35(37)36-28-26-34(32-38(36)43)45-48-41(8,9)42(10,13-3)49-45/h25-28,31-32,44,46H,11-24,29-30H2,1-10H3. The lowest BCUT2D eigenvalue weighted by molar-refractivity contribution is -0.0893. The number of benzene rings is 2. The fourth-order valence-electron chi connectivity index (χ4n) is 7.93. The van der Waals surface area contributed by atoms with E-state index in [4.69, 9.17) is 14.0 Å². The lowest BCUT2D eigenvalue weighted by Crippen LogP contribution is -2.49. The molecule has 2 atom stereocenters. The van der Waals surface area contributed by atoms with Gasteiger partial charge in [0.25, 0.3) is 0 Å². The van der Waals surface area contributed by atoms with Crippen LogP contribution in [0.3, 0.4) is 0 Å². The first kappa shape index (κ1) is 40.2. The molecule has 1 fully saturated rings. The first-order chi connectivity index (χ1) is 23.1. The average molecular weight is 673 g/mol. The van der Waals surface area contributed by atoms with Gasteiger partial charge in [-0.25, -0.2) is 0 Å². The number of hydrogen-bond donors (Lipinski definition) is 1. The molecule has 4 nitrogen and oxygen atoms in total. The molecule has 0 spiro atoms. The molecule has 1 saturated heterocycles. The third kappa shape index (κ3) is 9.08. The average Bonchev–Trinajstić information content (AvgIpc) is 3.47. The Balaban J connectivity index is 1.73. The second-order valence-corrected chi connectivity index (χ2v) is 17.2. The third-order valence-electron chi connectivity index (χ3n) is 12.7. The van der Waals surface area contributed by atoms with Gasteiger partial charge in [-0.2, -0.15) is 0 Å². The van der Waals surface area contributed by atoms with Crippen LogP contribution in [0.15, 0.2) is 36.4 Å². The summed E-state index contributed by atoms with van der Waals surface area (Å²) in [5, 5.41) is 10.8. The van der Waals surface area contributed by atoms with Crippen molar-refractivity contribution >= 4 is 25.5 Å². The second-order valence-electron chi connectivity index (χ2n) is 17.2. The molecule has 1 heterocycles. The van der Waals surface area contributed by atoms with Gasteiger partial charge in [0.05, 0.1) is 22.4 Å². The van der Waals surface area contributed by atoms with Gasteiger partial charge in [0.2, 0.25) is 0 Å². The Morgan fingerprint density at radius 2 is 1.20 bits per heavy atom. The first-order valence-corrected chi connectivity index (χ1v) is 20.1. The predicted octanol–water partition coefficient (Wildman–Crippen LogP) is 10.1. The molecule has 0 radical (unpaired) electrons. The Morgan fingerprint density at radius 1 is 0.694 bits per heavy atom. The van der Waals surface area contributed by atoms with Crippen molar-refractivity contribution < 1.29 is 19.1 Å². The van der Waals surface area contributed by atoms with E-state index < -0.39 is 11.2 Å². The molecular weight excluding hydrogens is 602 g/mol. The van der Waals surface area contributed by atoms with Crippen LogP contribution in [-0.4, -0.2) is 42.1 Å². The maximum Gasteiger partial charge on any atom is 0.494 e. The van der Waals surface area contributed by atoms with E-state index in [1.165, 1.54) is 111 Å². The summed E-state index contributed by atoms with van der Waals surface area (Å²) in [4.78, 5) is 0. The molecule has 0 bridgehead atoms. The highest BCUT2D eigenvalue weighted by atomic mass is 16.7. The van der Waals surface area contributed by atoms with Gasteiger partial charge in [0, 0.05) is 5.41 Å². The number of fused-ring (bicyclic) bond motifs is 3. The topological polar surface area (TPSA) is 47.9 Å². The van der Waals surface area contributed by atoms with E-state index in [1.807, 2.05) is 27.7 Å². The van der Waals surface area contributed by atoms with Gasteiger partial charge < -0.3 is 19.1 Å². The molecule has 272 valence electrons. The summed E-state index contributed by atoms with van der Waals surface area (Å²) >= 11 is 0. The quantitative estimate of drug-likeness (QED) is 0.106. The van der Waals surface area contributed by atoms with Crippen molar-refractivity contribution in [3.8, 4) is 11.1 Å². The molecule has 1 aliphatic carbocycles. The van der Waals surface area contributed by atoms with Crippen LogP contribution in [0.2, 0.25) is 0 Å². The van der Waals surface area contributed by atoms with Gasteiger partial charge in [-0.05, 0) is 95.4 Å². The minimum Gasteiger partial charge on any atom is -0.427 e. The van der Waals surface area contributed by atoms with Crippen LogP contribution in [0, 0.1) is 0 Å². The summed E-state index contributed by atoms with van der Waals surface area (Å²) in [5.74, 6) is 0. The van der Waals surface area contributed by atoms with Crippen LogP contribution >= 0.6 is 0 Å². The third-order valence-corrected chi connectivity index (χ3v) is 12.7. The monoisotopic (exact) mass is 673 g/mol. The lowest BCUT2D eigenvalue weighted by atomic mass is 9.67. The van der Waals surface area contributed by atoms with Crippen molar-refractivity contribution in [1.29, 1.82) is 0 Å². The van der Waals surface area contributed by atoms with Crippen molar-refractivity contribution in [3.63, 3.8) is 0 Å². The molecule has 0 amide bonds. The van der Waals surface area contributed by atoms with E-state index in [1.54, 1.807) is 0 Å². The molecule has 1 N–H and O–H groups in total. The minimum atomic E-state index is -0.943. The summed E-state index contributed by atoms with van der Waals surface area (Å²) in [5.41, 5.74) is 5.61. The van der Waals surface area contributed by atoms with Crippen LogP contribution in [-0.2, 0) is 19.4 Å². The van der Waals surface area contributed by atoms with Gasteiger partial charge in [-0.3, -0.25) is 0 Å². The molecule has 0 saturated carbocycles.